The van der Waals surface area contributed by atoms with Crippen molar-refractivity contribution in [3.63, 3.8) is 0 Å². The Balaban J connectivity index is 2.45. The summed E-state index contributed by atoms with van der Waals surface area (Å²) < 4.78 is 64.8. The van der Waals surface area contributed by atoms with Gasteiger partial charge in [0, 0.05) is 12.5 Å². The summed E-state index contributed by atoms with van der Waals surface area (Å²) in [6, 6.07) is 2.50. The predicted octanol–water partition coefficient (Wildman–Crippen LogP) is 2.66. The Morgan fingerprint density at radius 1 is 1.11 bits per heavy atom. The van der Waals surface area contributed by atoms with Crippen molar-refractivity contribution >= 4 is 5.78 Å². The molecule has 0 bridgehead atoms. The van der Waals surface area contributed by atoms with Crippen LogP contribution in [0.5, 0.6) is 0 Å². The molecule has 2 nitrogen and oxygen atoms in total. The molecular weight excluding hydrogens is 259 g/mol. The van der Waals surface area contributed by atoms with Crippen LogP contribution in [0.15, 0.2) is 18.2 Å². The summed E-state index contributed by atoms with van der Waals surface area (Å²) in [5.74, 6) is -2.40. The van der Waals surface area contributed by atoms with E-state index in [-0.39, 0.29) is 12.0 Å². The zero-order valence-electron chi connectivity index (χ0n) is 9.06. The number of hydrogen-bond acceptors (Lipinski definition) is 2. The smallest absolute Gasteiger partial charge is 0.364 e. The van der Waals surface area contributed by atoms with E-state index in [0.29, 0.717) is 6.07 Å². The van der Waals surface area contributed by atoms with Gasteiger partial charge in [0.05, 0.1) is 0 Å². The van der Waals surface area contributed by atoms with Crippen molar-refractivity contribution in [2.45, 2.75) is 12.6 Å². The zero-order chi connectivity index (χ0) is 13.8. The van der Waals surface area contributed by atoms with Crippen LogP contribution in [0.25, 0.3) is 0 Å². The van der Waals surface area contributed by atoms with Gasteiger partial charge >= 0.3 is 6.18 Å². The summed E-state index contributed by atoms with van der Waals surface area (Å²) >= 11 is 0. The van der Waals surface area contributed by atoms with Gasteiger partial charge in [-0.15, -0.1) is 0 Å². The largest absolute Gasteiger partial charge is 0.411 e. The topological polar surface area (TPSA) is 26.3 Å². The highest BCUT2D eigenvalue weighted by Gasteiger charge is 2.27. The quantitative estimate of drug-likeness (QED) is 0.767. The summed E-state index contributed by atoms with van der Waals surface area (Å²) in [6.45, 7) is -2.28. The van der Waals surface area contributed by atoms with Gasteiger partial charge < -0.3 is 4.74 Å². The molecule has 0 aliphatic rings. The van der Waals surface area contributed by atoms with E-state index in [9.17, 15) is 26.7 Å². The number of alkyl halides is 3. The van der Waals surface area contributed by atoms with Crippen molar-refractivity contribution in [3.8, 4) is 0 Å². The Morgan fingerprint density at radius 3 is 2.17 bits per heavy atom. The molecule has 18 heavy (non-hydrogen) atoms. The van der Waals surface area contributed by atoms with Gasteiger partial charge in [0.2, 0.25) is 0 Å². The maximum absolute atomic E-state index is 12.8. The fourth-order valence-electron chi connectivity index (χ4n) is 1.27. The summed E-state index contributed by atoms with van der Waals surface area (Å²) in [6.07, 6.45) is -4.89. The highest BCUT2D eigenvalue weighted by atomic mass is 19.4. The molecule has 0 saturated heterocycles. The Hall–Kier alpha value is -1.50. The van der Waals surface area contributed by atoms with Crippen molar-refractivity contribution < 1.29 is 31.5 Å². The summed E-state index contributed by atoms with van der Waals surface area (Å²) in [5.41, 5.74) is 0.0492. The molecule has 0 aromatic heterocycles. The van der Waals surface area contributed by atoms with E-state index in [0.717, 1.165) is 12.1 Å². The standard InChI is InChI=1S/C11H9F5O2/c12-8-1-7(2-9(13)4-8)3-10(17)5-18-6-11(14,15)16/h1-2,4H,3,5-6H2. The number of ether oxygens (including phenoxy) is 1. The van der Waals surface area contributed by atoms with Crippen molar-refractivity contribution in [2.75, 3.05) is 13.2 Å². The fourth-order valence-corrected chi connectivity index (χ4v) is 1.27. The summed E-state index contributed by atoms with van der Waals surface area (Å²) in [7, 11) is 0. The van der Waals surface area contributed by atoms with Gasteiger partial charge in [-0.1, -0.05) is 0 Å². The van der Waals surface area contributed by atoms with Crippen LogP contribution in [0, 0.1) is 11.6 Å². The minimum atomic E-state index is -4.51. The van der Waals surface area contributed by atoms with Gasteiger partial charge in [-0.25, -0.2) is 8.78 Å². The van der Waals surface area contributed by atoms with Crippen LogP contribution in [-0.2, 0) is 16.0 Å². The van der Waals surface area contributed by atoms with Crippen molar-refractivity contribution in [1.82, 2.24) is 0 Å². The number of benzene rings is 1. The monoisotopic (exact) mass is 268 g/mol. The lowest BCUT2D eigenvalue weighted by atomic mass is 10.1. The lowest BCUT2D eigenvalue weighted by Gasteiger charge is -2.07. The number of ketones is 1. The highest BCUT2D eigenvalue weighted by Crippen LogP contribution is 2.14. The molecule has 1 rings (SSSR count). The summed E-state index contributed by atoms with van der Waals surface area (Å²) in [5, 5.41) is 0. The molecule has 0 amide bonds. The normalized spacial score (nSPS) is 11.6. The average Bonchev–Trinajstić information content (AvgIpc) is 2.12. The molecule has 100 valence electrons. The first kappa shape index (κ1) is 14.6. The molecule has 1 aromatic carbocycles. The van der Waals surface area contributed by atoms with Gasteiger partial charge in [-0.05, 0) is 17.7 Å². The lowest BCUT2D eigenvalue weighted by Crippen LogP contribution is -2.21. The van der Waals surface area contributed by atoms with Crippen molar-refractivity contribution in [2.24, 2.45) is 0 Å². The van der Waals surface area contributed by atoms with Crippen LogP contribution in [-0.4, -0.2) is 25.2 Å². The zero-order valence-corrected chi connectivity index (χ0v) is 9.06. The fraction of sp³-hybridized carbons (Fsp3) is 0.364. The van der Waals surface area contributed by atoms with Crippen LogP contribution < -0.4 is 0 Å². The summed E-state index contributed by atoms with van der Waals surface area (Å²) in [4.78, 5) is 11.2. The van der Waals surface area contributed by atoms with E-state index in [1.54, 1.807) is 0 Å². The Morgan fingerprint density at radius 2 is 1.67 bits per heavy atom. The van der Waals surface area contributed by atoms with Gasteiger partial charge in [0.1, 0.15) is 24.8 Å². The SMILES string of the molecule is O=C(COCC(F)(F)F)Cc1cc(F)cc(F)c1. The van der Waals surface area contributed by atoms with E-state index in [2.05, 4.69) is 4.74 Å². The number of carbonyl (C=O) groups is 1. The number of carbonyl (C=O) groups excluding carboxylic acids is 1. The Bertz CT molecular complexity index is 408. The van der Waals surface area contributed by atoms with E-state index in [4.69, 9.17) is 0 Å². The van der Waals surface area contributed by atoms with Crippen LogP contribution >= 0.6 is 0 Å². The number of rotatable bonds is 5. The van der Waals surface area contributed by atoms with Gasteiger partial charge in [-0.3, -0.25) is 4.79 Å². The Kier molecular flexibility index (Phi) is 4.77. The van der Waals surface area contributed by atoms with E-state index in [1.807, 2.05) is 0 Å². The molecule has 0 aliphatic heterocycles. The highest BCUT2D eigenvalue weighted by molar-refractivity contribution is 5.82. The van der Waals surface area contributed by atoms with Gasteiger partial charge in [0.15, 0.2) is 5.78 Å². The molecule has 0 saturated carbocycles. The van der Waals surface area contributed by atoms with Crippen molar-refractivity contribution in [1.29, 1.82) is 0 Å². The Labute approximate surface area is 99.4 Å². The first-order chi connectivity index (χ1) is 8.26. The van der Waals surface area contributed by atoms with Crippen LogP contribution in [0.1, 0.15) is 5.56 Å². The molecule has 0 N–H and O–H groups in total. The second-order valence-electron chi connectivity index (χ2n) is 3.60. The molecule has 0 spiro atoms. The molecule has 0 radical (unpaired) electrons. The van der Waals surface area contributed by atoms with E-state index < -0.39 is 36.8 Å². The molecule has 0 atom stereocenters. The molecule has 7 heteroatoms. The third-order valence-corrected chi connectivity index (χ3v) is 1.85. The first-order valence-electron chi connectivity index (χ1n) is 4.87. The van der Waals surface area contributed by atoms with Crippen LogP contribution in [0.4, 0.5) is 22.0 Å². The van der Waals surface area contributed by atoms with Crippen LogP contribution in [0.3, 0.4) is 0 Å². The third kappa shape index (κ3) is 5.72. The first-order valence-corrected chi connectivity index (χ1v) is 4.87. The number of halogens is 5. The number of hydrogen-bond donors (Lipinski definition) is 0. The lowest BCUT2D eigenvalue weighted by molar-refractivity contribution is -0.175. The second-order valence-corrected chi connectivity index (χ2v) is 3.60. The molecule has 0 fully saturated rings. The molecule has 1 aromatic rings. The third-order valence-electron chi connectivity index (χ3n) is 1.85. The van der Waals surface area contributed by atoms with Gasteiger partial charge in [-0.2, -0.15) is 13.2 Å². The second kappa shape index (κ2) is 5.90. The molecule has 0 unspecified atom stereocenters. The van der Waals surface area contributed by atoms with Crippen LogP contribution in [0.2, 0.25) is 0 Å². The van der Waals surface area contributed by atoms with E-state index in [1.165, 1.54) is 0 Å². The predicted molar refractivity (Wildman–Crippen MR) is 51.9 cm³/mol. The minimum Gasteiger partial charge on any atom is -0.364 e. The maximum Gasteiger partial charge on any atom is 0.411 e. The van der Waals surface area contributed by atoms with Crippen molar-refractivity contribution in [3.05, 3.63) is 35.4 Å². The minimum absolute atomic E-state index is 0.0492. The maximum atomic E-state index is 12.8. The van der Waals surface area contributed by atoms with Gasteiger partial charge in [0.25, 0.3) is 0 Å². The number of Topliss-reactive ketones (excluding diaryl/α,β-unsaturated/α-hetero) is 1. The van der Waals surface area contributed by atoms with E-state index >= 15 is 0 Å². The molecule has 0 aliphatic carbocycles. The molecule has 0 heterocycles. The average molecular weight is 268 g/mol. The molecular formula is C11H9F5O2.